The summed E-state index contributed by atoms with van der Waals surface area (Å²) in [6.45, 7) is 2.22. The van der Waals surface area contributed by atoms with Gasteiger partial charge in [-0.3, -0.25) is 0 Å². The van der Waals surface area contributed by atoms with E-state index in [-0.39, 0.29) is 18.0 Å². The minimum Gasteiger partial charge on any atom is -0.497 e. The van der Waals surface area contributed by atoms with E-state index < -0.39 is 10.0 Å². The first kappa shape index (κ1) is 13.0. The van der Waals surface area contributed by atoms with Crippen molar-refractivity contribution >= 4 is 10.0 Å². The van der Waals surface area contributed by atoms with E-state index in [0.717, 1.165) is 0 Å². The Labute approximate surface area is 95.7 Å². The molecule has 0 bridgehead atoms. The Hall–Kier alpha value is -1.11. The molecule has 0 spiro atoms. The third-order valence-corrected chi connectivity index (χ3v) is 3.73. The van der Waals surface area contributed by atoms with Crippen LogP contribution >= 0.6 is 0 Å². The SMILES string of the molecule is COc1ccc(S(=O)(=O)NCCN)c(C)c1. The fourth-order valence-electron chi connectivity index (χ4n) is 1.32. The molecule has 0 saturated carbocycles. The summed E-state index contributed by atoms with van der Waals surface area (Å²) in [7, 11) is -1.93. The molecule has 0 aliphatic heterocycles. The van der Waals surface area contributed by atoms with Crippen LogP contribution in [0.2, 0.25) is 0 Å². The third-order valence-electron chi connectivity index (χ3n) is 2.11. The molecule has 0 radical (unpaired) electrons. The predicted molar refractivity (Wildman–Crippen MR) is 62.0 cm³/mol. The molecule has 0 saturated heterocycles. The van der Waals surface area contributed by atoms with Gasteiger partial charge in [-0.15, -0.1) is 0 Å². The summed E-state index contributed by atoms with van der Waals surface area (Å²) in [4.78, 5) is 0.252. The lowest BCUT2D eigenvalue weighted by molar-refractivity contribution is 0.414. The lowest BCUT2D eigenvalue weighted by Gasteiger charge is -2.09. The Bertz CT molecular complexity index is 457. The monoisotopic (exact) mass is 244 g/mol. The first-order chi connectivity index (χ1) is 7.51. The van der Waals surface area contributed by atoms with Gasteiger partial charge < -0.3 is 10.5 Å². The van der Waals surface area contributed by atoms with Crippen molar-refractivity contribution in [1.82, 2.24) is 4.72 Å². The molecule has 5 nitrogen and oxygen atoms in total. The van der Waals surface area contributed by atoms with E-state index in [1.165, 1.54) is 13.2 Å². The van der Waals surface area contributed by atoms with Crippen molar-refractivity contribution in [3.8, 4) is 5.75 Å². The summed E-state index contributed by atoms with van der Waals surface area (Å²) < 4.78 is 31.0. The second-order valence-corrected chi connectivity index (χ2v) is 5.05. The van der Waals surface area contributed by atoms with Crippen LogP contribution in [0, 0.1) is 6.92 Å². The Morgan fingerprint density at radius 2 is 2.12 bits per heavy atom. The van der Waals surface area contributed by atoms with E-state index >= 15 is 0 Å². The number of benzene rings is 1. The first-order valence-electron chi connectivity index (χ1n) is 4.85. The van der Waals surface area contributed by atoms with Crippen molar-refractivity contribution in [2.24, 2.45) is 5.73 Å². The number of methoxy groups -OCH3 is 1. The van der Waals surface area contributed by atoms with Crippen LogP contribution in [0.25, 0.3) is 0 Å². The smallest absolute Gasteiger partial charge is 0.240 e. The number of hydrogen-bond acceptors (Lipinski definition) is 4. The highest BCUT2D eigenvalue weighted by Gasteiger charge is 2.15. The minimum atomic E-state index is -3.46. The lowest BCUT2D eigenvalue weighted by Crippen LogP contribution is -2.29. The van der Waals surface area contributed by atoms with Crippen LogP contribution in [0.5, 0.6) is 5.75 Å². The zero-order valence-corrected chi connectivity index (χ0v) is 10.2. The molecule has 0 amide bonds. The number of ether oxygens (including phenoxy) is 1. The van der Waals surface area contributed by atoms with Gasteiger partial charge in [-0.2, -0.15) is 0 Å². The van der Waals surface area contributed by atoms with Crippen LogP contribution in [-0.2, 0) is 10.0 Å². The van der Waals surface area contributed by atoms with Gasteiger partial charge in [0.15, 0.2) is 0 Å². The molecule has 3 N–H and O–H groups in total. The predicted octanol–water partition coefficient (Wildman–Crippen LogP) is 0.241. The van der Waals surface area contributed by atoms with Crippen molar-refractivity contribution in [3.63, 3.8) is 0 Å². The quantitative estimate of drug-likeness (QED) is 0.777. The van der Waals surface area contributed by atoms with Crippen LogP contribution < -0.4 is 15.2 Å². The van der Waals surface area contributed by atoms with Gasteiger partial charge in [0, 0.05) is 13.1 Å². The van der Waals surface area contributed by atoms with E-state index in [4.69, 9.17) is 10.5 Å². The molecular weight excluding hydrogens is 228 g/mol. The summed E-state index contributed by atoms with van der Waals surface area (Å²) in [6.07, 6.45) is 0. The molecule has 16 heavy (non-hydrogen) atoms. The second kappa shape index (κ2) is 5.29. The number of nitrogens with one attached hydrogen (secondary N) is 1. The van der Waals surface area contributed by atoms with E-state index in [2.05, 4.69) is 4.72 Å². The average molecular weight is 244 g/mol. The standard InChI is InChI=1S/C10H16N2O3S/c1-8-7-9(15-2)3-4-10(8)16(13,14)12-6-5-11/h3-4,7,12H,5-6,11H2,1-2H3. The highest BCUT2D eigenvalue weighted by atomic mass is 32.2. The van der Waals surface area contributed by atoms with Crippen molar-refractivity contribution in [3.05, 3.63) is 23.8 Å². The van der Waals surface area contributed by atoms with E-state index in [9.17, 15) is 8.42 Å². The molecule has 0 atom stereocenters. The maximum atomic E-state index is 11.8. The maximum Gasteiger partial charge on any atom is 0.240 e. The molecular formula is C10H16N2O3S. The average Bonchev–Trinajstić information content (AvgIpc) is 2.25. The van der Waals surface area contributed by atoms with Gasteiger partial charge in [0.05, 0.1) is 12.0 Å². The maximum absolute atomic E-state index is 11.8. The summed E-state index contributed by atoms with van der Waals surface area (Å²) in [5.41, 5.74) is 5.89. The number of sulfonamides is 1. The number of hydrogen-bond donors (Lipinski definition) is 2. The van der Waals surface area contributed by atoms with E-state index in [1.807, 2.05) is 0 Å². The van der Waals surface area contributed by atoms with E-state index in [0.29, 0.717) is 11.3 Å². The number of rotatable bonds is 5. The van der Waals surface area contributed by atoms with Gasteiger partial charge in [-0.1, -0.05) is 0 Å². The normalized spacial score (nSPS) is 11.4. The molecule has 0 fully saturated rings. The van der Waals surface area contributed by atoms with Crippen LogP contribution in [0.15, 0.2) is 23.1 Å². The highest BCUT2D eigenvalue weighted by Crippen LogP contribution is 2.20. The van der Waals surface area contributed by atoms with Crippen LogP contribution in [-0.4, -0.2) is 28.6 Å². The fourth-order valence-corrected chi connectivity index (χ4v) is 2.59. The zero-order valence-electron chi connectivity index (χ0n) is 9.36. The van der Waals surface area contributed by atoms with Gasteiger partial charge in [-0.05, 0) is 30.7 Å². The zero-order chi connectivity index (χ0) is 12.2. The molecule has 6 heteroatoms. The van der Waals surface area contributed by atoms with Gasteiger partial charge >= 0.3 is 0 Å². The first-order valence-corrected chi connectivity index (χ1v) is 6.34. The highest BCUT2D eigenvalue weighted by molar-refractivity contribution is 7.89. The van der Waals surface area contributed by atoms with Crippen LogP contribution in [0.1, 0.15) is 5.56 Å². The summed E-state index contributed by atoms with van der Waals surface area (Å²) in [5.74, 6) is 0.635. The lowest BCUT2D eigenvalue weighted by atomic mass is 10.2. The van der Waals surface area contributed by atoms with Crippen molar-refractivity contribution in [2.75, 3.05) is 20.2 Å². The second-order valence-electron chi connectivity index (χ2n) is 3.32. The van der Waals surface area contributed by atoms with Crippen molar-refractivity contribution in [1.29, 1.82) is 0 Å². The summed E-state index contributed by atoms with van der Waals surface area (Å²) in [5, 5.41) is 0. The van der Waals surface area contributed by atoms with Crippen LogP contribution in [0.3, 0.4) is 0 Å². The summed E-state index contributed by atoms with van der Waals surface area (Å²) in [6, 6.07) is 4.81. The molecule has 0 heterocycles. The Morgan fingerprint density at radius 1 is 1.44 bits per heavy atom. The Morgan fingerprint density at radius 3 is 2.62 bits per heavy atom. The number of nitrogens with two attached hydrogens (primary N) is 1. The van der Waals surface area contributed by atoms with Gasteiger partial charge in [0.2, 0.25) is 10.0 Å². The fraction of sp³-hybridized carbons (Fsp3) is 0.400. The molecule has 0 aliphatic rings. The number of aryl methyl sites for hydroxylation is 1. The molecule has 1 aromatic carbocycles. The molecule has 1 aromatic rings. The molecule has 0 aromatic heterocycles. The topological polar surface area (TPSA) is 81.4 Å². The Balaban J connectivity index is 3.04. The van der Waals surface area contributed by atoms with Crippen molar-refractivity contribution < 1.29 is 13.2 Å². The minimum absolute atomic E-state index is 0.230. The van der Waals surface area contributed by atoms with Crippen molar-refractivity contribution in [2.45, 2.75) is 11.8 Å². The molecule has 1 rings (SSSR count). The van der Waals surface area contributed by atoms with Gasteiger partial charge in [-0.25, -0.2) is 13.1 Å². The van der Waals surface area contributed by atoms with Gasteiger partial charge in [0.1, 0.15) is 5.75 Å². The molecule has 90 valence electrons. The van der Waals surface area contributed by atoms with Crippen LogP contribution in [0.4, 0.5) is 0 Å². The third kappa shape index (κ3) is 2.94. The Kier molecular flexibility index (Phi) is 4.28. The summed E-state index contributed by atoms with van der Waals surface area (Å²) >= 11 is 0. The van der Waals surface area contributed by atoms with E-state index in [1.54, 1.807) is 19.1 Å². The largest absolute Gasteiger partial charge is 0.497 e. The molecule has 0 unspecified atom stereocenters. The molecule has 0 aliphatic carbocycles. The van der Waals surface area contributed by atoms with Gasteiger partial charge in [0.25, 0.3) is 0 Å².